The minimum Gasteiger partial charge on any atom is -0.497 e. The van der Waals surface area contributed by atoms with Gasteiger partial charge >= 0.3 is 6.03 Å². The van der Waals surface area contributed by atoms with Crippen LogP contribution in [0, 0.1) is 0 Å². The molecule has 108 valence electrons. The third-order valence-electron chi connectivity index (χ3n) is 3.36. The highest BCUT2D eigenvalue weighted by molar-refractivity contribution is 5.96. The summed E-state index contributed by atoms with van der Waals surface area (Å²) >= 11 is 0. The highest BCUT2D eigenvalue weighted by atomic mass is 16.5. The average molecular weight is 278 g/mol. The van der Waals surface area contributed by atoms with Gasteiger partial charge in [-0.1, -0.05) is 12.1 Å². The van der Waals surface area contributed by atoms with E-state index in [1.807, 2.05) is 24.3 Å². The van der Waals surface area contributed by atoms with Crippen LogP contribution in [-0.4, -0.2) is 42.1 Å². The largest absolute Gasteiger partial charge is 0.497 e. The van der Waals surface area contributed by atoms with Gasteiger partial charge in [-0.2, -0.15) is 0 Å². The van der Waals surface area contributed by atoms with Crippen LogP contribution in [0.15, 0.2) is 24.3 Å². The lowest BCUT2D eigenvalue weighted by Gasteiger charge is -2.38. The Kier molecular flexibility index (Phi) is 4.21. The van der Waals surface area contributed by atoms with Gasteiger partial charge in [0.1, 0.15) is 11.9 Å². The summed E-state index contributed by atoms with van der Waals surface area (Å²) in [6.07, 6.45) is -0.331. The van der Waals surface area contributed by atoms with E-state index in [9.17, 15) is 9.59 Å². The Morgan fingerprint density at radius 1 is 1.35 bits per heavy atom. The van der Waals surface area contributed by atoms with Gasteiger partial charge in [-0.3, -0.25) is 15.5 Å². The molecule has 0 spiro atoms. The highest BCUT2D eigenvalue weighted by Gasteiger charge is 2.36. The molecule has 1 heterocycles. The molecule has 1 aromatic rings. The van der Waals surface area contributed by atoms with E-state index in [0.29, 0.717) is 6.54 Å². The number of nitrogens with one attached hydrogen (secondary N) is 1. The second kappa shape index (κ2) is 5.89. The van der Waals surface area contributed by atoms with Crippen molar-refractivity contribution < 1.29 is 14.3 Å². The number of rotatable bonds is 4. The van der Waals surface area contributed by atoms with Crippen molar-refractivity contribution in [2.75, 3.05) is 14.2 Å². The van der Waals surface area contributed by atoms with Crippen LogP contribution in [0.2, 0.25) is 0 Å². The van der Waals surface area contributed by atoms with Crippen LogP contribution in [-0.2, 0) is 11.3 Å². The minimum absolute atomic E-state index is 0.162. The quantitative estimate of drug-likeness (QED) is 0.609. The number of benzene rings is 1. The first kappa shape index (κ1) is 14.3. The molecule has 1 aliphatic rings. The lowest BCUT2D eigenvalue weighted by Crippen LogP contribution is -2.61. The van der Waals surface area contributed by atoms with E-state index in [1.54, 1.807) is 7.11 Å². The van der Waals surface area contributed by atoms with Gasteiger partial charge in [0.05, 0.1) is 13.5 Å². The number of hydrogen-bond acceptors (Lipinski definition) is 5. The summed E-state index contributed by atoms with van der Waals surface area (Å²) in [5.41, 5.74) is 3.44. The van der Waals surface area contributed by atoms with Crippen molar-refractivity contribution in [2.45, 2.75) is 19.1 Å². The maximum absolute atomic E-state index is 12.1. The SMILES string of the molecule is COc1ccc(CN2C(=O)N(C)C(=O)CC2NN)cc1. The van der Waals surface area contributed by atoms with Gasteiger partial charge in [0.25, 0.3) is 0 Å². The van der Waals surface area contributed by atoms with Crippen molar-refractivity contribution >= 4 is 11.9 Å². The maximum Gasteiger partial charge on any atom is 0.328 e. The summed E-state index contributed by atoms with van der Waals surface area (Å²) < 4.78 is 5.09. The van der Waals surface area contributed by atoms with E-state index in [4.69, 9.17) is 10.6 Å². The fraction of sp³-hybridized carbons (Fsp3) is 0.385. The standard InChI is InChI=1S/C13H18N4O3/c1-16-12(18)7-11(15-14)17(13(16)19)8-9-3-5-10(20-2)6-4-9/h3-6,11,15H,7-8,14H2,1-2H3. The zero-order valence-corrected chi connectivity index (χ0v) is 11.5. The second-order valence-electron chi connectivity index (χ2n) is 4.60. The number of nitrogens with zero attached hydrogens (tertiary/aromatic N) is 2. The van der Waals surface area contributed by atoms with Crippen molar-refractivity contribution in [1.29, 1.82) is 0 Å². The molecular formula is C13H18N4O3. The van der Waals surface area contributed by atoms with E-state index in [-0.39, 0.29) is 18.4 Å². The van der Waals surface area contributed by atoms with Crippen molar-refractivity contribution in [1.82, 2.24) is 15.2 Å². The number of ether oxygens (including phenoxy) is 1. The summed E-state index contributed by atoms with van der Waals surface area (Å²) in [6.45, 7) is 0.370. The fourth-order valence-electron chi connectivity index (χ4n) is 2.10. The molecule has 1 fully saturated rings. The van der Waals surface area contributed by atoms with Crippen LogP contribution in [0.3, 0.4) is 0 Å². The summed E-state index contributed by atoms with van der Waals surface area (Å²) in [5, 5.41) is 0. The molecule has 7 heteroatoms. The van der Waals surface area contributed by atoms with Crippen LogP contribution in [0.25, 0.3) is 0 Å². The summed E-state index contributed by atoms with van der Waals surface area (Å²) in [6, 6.07) is 7.03. The molecule has 0 radical (unpaired) electrons. The first-order chi connectivity index (χ1) is 9.56. The van der Waals surface area contributed by atoms with Crippen molar-refractivity contribution in [2.24, 2.45) is 5.84 Å². The number of hydrazine groups is 1. The zero-order chi connectivity index (χ0) is 14.7. The Balaban J connectivity index is 2.16. The highest BCUT2D eigenvalue weighted by Crippen LogP contribution is 2.19. The predicted octanol–water partition coefficient (Wildman–Crippen LogP) is 0.269. The smallest absolute Gasteiger partial charge is 0.328 e. The van der Waals surface area contributed by atoms with Crippen LogP contribution in [0.4, 0.5) is 4.79 Å². The van der Waals surface area contributed by atoms with E-state index in [0.717, 1.165) is 16.2 Å². The minimum atomic E-state index is -0.492. The van der Waals surface area contributed by atoms with Gasteiger partial charge in [0.15, 0.2) is 0 Å². The molecule has 0 bridgehead atoms. The Morgan fingerprint density at radius 2 is 2.00 bits per heavy atom. The van der Waals surface area contributed by atoms with E-state index < -0.39 is 6.17 Å². The third kappa shape index (κ3) is 2.73. The number of carbonyl (C=O) groups is 2. The van der Waals surface area contributed by atoms with E-state index >= 15 is 0 Å². The van der Waals surface area contributed by atoms with E-state index in [1.165, 1.54) is 11.9 Å². The second-order valence-corrected chi connectivity index (χ2v) is 4.60. The number of imide groups is 1. The average Bonchev–Trinajstić information content (AvgIpc) is 2.48. The molecule has 1 unspecified atom stereocenters. The van der Waals surface area contributed by atoms with Crippen LogP contribution >= 0.6 is 0 Å². The molecule has 1 aliphatic heterocycles. The number of amides is 3. The number of hydrogen-bond donors (Lipinski definition) is 2. The fourth-order valence-corrected chi connectivity index (χ4v) is 2.10. The molecule has 20 heavy (non-hydrogen) atoms. The number of methoxy groups -OCH3 is 1. The van der Waals surface area contributed by atoms with Crippen LogP contribution in [0.5, 0.6) is 5.75 Å². The van der Waals surface area contributed by atoms with Gasteiger partial charge in [-0.15, -0.1) is 0 Å². The Labute approximate surface area is 117 Å². The van der Waals surface area contributed by atoms with Gasteiger partial charge in [-0.25, -0.2) is 10.2 Å². The van der Waals surface area contributed by atoms with Gasteiger partial charge in [-0.05, 0) is 17.7 Å². The predicted molar refractivity (Wildman–Crippen MR) is 72.4 cm³/mol. The Hall–Kier alpha value is -2.12. The monoisotopic (exact) mass is 278 g/mol. The van der Waals surface area contributed by atoms with Gasteiger partial charge < -0.3 is 9.64 Å². The van der Waals surface area contributed by atoms with E-state index in [2.05, 4.69) is 5.43 Å². The summed E-state index contributed by atoms with van der Waals surface area (Å²) in [5.74, 6) is 5.93. The summed E-state index contributed by atoms with van der Waals surface area (Å²) in [4.78, 5) is 26.4. The molecule has 1 saturated heterocycles. The molecule has 0 saturated carbocycles. The van der Waals surface area contributed by atoms with Crippen LogP contribution in [0.1, 0.15) is 12.0 Å². The first-order valence-electron chi connectivity index (χ1n) is 6.23. The molecular weight excluding hydrogens is 260 g/mol. The Morgan fingerprint density at radius 3 is 2.55 bits per heavy atom. The number of carbonyl (C=O) groups excluding carboxylic acids is 2. The van der Waals surface area contributed by atoms with Crippen molar-refractivity contribution in [3.63, 3.8) is 0 Å². The molecule has 7 nitrogen and oxygen atoms in total. The molecule has 1 atom stereocenters. The van der Waals surface area contributed by atoms with Crippen molar-refractivity contribution in [3.05, 3.63) is 29.8 Å². The van der Waals surface area contributed by atoms with Gasteiger partial charge in [0.2, 0.25) is 5.91 Å². The molecule has 1 aromatic carbocycles. The lowest BCUT2D eigenvalue weighted by molar-refractivity contribution is -0.132. The van der Waals surface area contributed by atoms with Crippen molar-refractivity contribution in [3.8, 4) is 5.75 Å². The number of nitrogens with two attached hydrogens (primary N) is 1. The normalized spacial score (nSPS) is 19.4. The first-order valence-corrected chi connectivity index (χ1v) is 6.23. The Bertz CT molecular complexity index is 503. The lowest BCUT2D eigenvalue weighted by atomic mass is 10.1. The molecule has 0 aliphatic carbocycles. The molecule has 3 N–H and O–H groups in total. The zero-order valence-electron chi connectivity index (χ0n) is 11.5. The summed E-state index contributed by atoms with van der Waals surface area (Å²) in [7, 11) is 3.07. The molecule has 0 aromatic heterocycles. The maximum atomic E-state index is 12.1. The molecule has 3 amide bonds. The third-order valence-corrected chi connectivity index (χ3v) is 3.36. The van der Waals surface area contributed by atoms with Crippen LogP contribution < -0.4 is 16.0 Å². The number of urea groups is 1. The van der Waals surface area contributed by atoms with Gasteiger partial charge in [0, 0.05) is 13.6 Å². The topological polar surface area (TPSA) is 87.9 Å². The molecule has 2 rings (SSSR count).